The van der Waals surface area contributed by atoms with Crippen LogP contribution >= 0.6 is 12.4 Å². The topological polar surface area (TPSA) is 59.6 Å². The largest absolute Gasteiger partial charge is 0.448 e. The Hall–Kier alpha value is -1.46. The van der Waals surface area contributed by atoms with Gasteiger partial charge in [-0.05, 0) is 51.3 Å². The van der Waals surface area contributed by atoms with Crippen molar-refractivity contribution in [1.82, 2.24) is 5.32 Å². The van der Waals surface area contributed by atoms with Crippen molar-refractivity contribution in [3.05, 3.63) is 18.2 Å². The van der Waals surface area contributed by atoms with E-state index in [0.29, 0.717) is 6.04 Å². The van der Waals surface area contributed by atoms with Crippen LogP contribution in [-0.4, -0.2) is 24.3 Å². The molecule has 1 aromatic carbocycles. The maximum Gasteiger partial charge on any atom is 0.251 e. The smallest absolute Gasteiger partial charge is 0.251 e. The summed E-state index contributed by atoms with van der Waals surface area (Å²) < 4.78 is 12.2. The van der Waals surface area contributed by atoms with Crippen molar-refractivity contribution < 1.29 is 14.3 Å². The van der Waals surface area contributed by atoms with Gasteiger partial charge in [-0.3, -0.25) is 4.79 Å². The Bertz CT molecular complexity index is 631. The number of rotatable bonds is 2. The third-order valence-corrected chi connectivity index (χ3v) is 5.41. The van der Waals surface area contributed by atoms with E-state index in [9.17, 15) is 4.79 Å². The normalized spacial score (nSPS) is 26.8. The van der Waals surface area contributed by atoms with E-state index >= 15 is 0 Å². The molecule has 6 heteroatoms. The molecular weight excluding hydrogens is 340 g/mol. The number of halogens is 1. The average Bonchev–Trinajstić information content (AvgIpc) is 2.92. The highest BCUT2D eigenvalue weighted by Crippen LogP contribution is 2.46. The molecule has 3 aliphatic rings. The molecule has 1 saturated carbocycles. The van der Waals surface area contributed by atoms with Crippen LogP contribution in [-0.2, 0) is 4.79 Å². The Balaban J connectivity index is 0.00000182. The molecule has 1 amide bonds. The highest BCUT2D eigenvalue weighted by atomic mass is 35.5. The lowest BCUT2D eigenvalue weighted by Gasteiger charge is -2.31. The second kappa shape index (κ2) is 7.42. The summed E-state index contributed by atoms with van der Waals surface area (Å²) >= 11 is 0. The second-order valence-electron chi connectivity index (χ2n) is 7.40. The van der Waals surface area contributed by atoms with Gasteiger partial charge >= 0.3 is 0 Å². The molecule has 1 saturated heterocycles. The van der Waals surface area contributed by atoms with Gasteiger partial charge in [0.05, 0.1) is 0 Å². The van der Waals surface area contributed by atoms with Crippen molar-refractivity contribution >= 4 is 24.0 Å². The minimum absolute atomic E-state index is 0. The highest BCUT2D eigenvalue weighted by molar-refractivity contribution is 5.93. The summed E-state index contributed by atoms with van der Waals surface area (Å²) in [6.07, 6.45) is 7.20. The van der Waals surface area contributed by atoms with Gasteiger partial charge in [0, 0.05) is 36.6 Å². The van der Waals surface area contributed by atoms with E-state index in [1.54, 1.807) is 0 Å². The van der Waals surface area contributed by atoms with E-state index in [0.717, 1.165) is 62.3 Å². The number of benzene rings is 1. The lowest BCUT2D eigenvalue weighted by molar-refractivity contribution is -0.120. The van der Waals surface area contributed by atoms with Gasteiger partial charge in [-0.15, -0.1) is 12.4 Å². The van der Waals surface area contributed by atoms with E-state index in [4.69, 9.17) is 9.47 Å². The third kappa shape index (κ3) is 3.87. The van der Waals surface area contributed by atoms with E-state index in [1.165, 1.54) is 6.42 Å². The fourth-order valence-corrected chi connectivity index (χ4v) is 4.08. The van der Waals surface area contributed by atoms with Gasteiger partial charge in [0.15, 0.2) is 11.5 Å². The summed E-state index contributed by atoms with van der Waals surface area (Å²) in [4.78, 5) is 12.5. The fourth-order valence-electron chi connectivity index (χ4n) is 4.08. The number of carbonyl (C=O) groups excluding carboxylic acids is 1. The van der Waals surface area contributed by atoms with Gasteiger partial charge in [-0.1, -0.05) is 6.42 Å². The number of ether oxygens (including phenoxy) is 2. The van der Waals surface area contributed by atoms with Gasteiger partial charge in [0.2, 0.25) is 5.91 Å². The van der Waals surface area contributed by atoms with Crippen LogP contribution in [0.4, 0.5) is 5.69 Å². The van der Waals surface area contributed by atoms with Crippen LogP contribution in [0.2, 0.25) is 0 Å². The molecule has 0 bridgehead atoms. The van der Waals surface area contributed by atoms with Crippen LogP contribution in [0.1, 0.15) is 51.9 Å². The molecule has 1 spiro atoms. The molecule has 1 aromatic rings. The van der Waals surface area contributed by atoms with Gasteiger partial charge in [-0.2, -0.15) is 0 Å². The lowest BCUT2D eigenvalue weighted by atomic mass is 9.92. The number of piperidine rings is 1. The molecule has 2 fully saturated rings. The number of carbonyl (C=O) groups is 1. The van der Waals surface area contributed by atoms with Crippen LogP contribution < -0.4 is 20.1 Å². The van der Waals surface area contributed by atoms with Crippen LogP contribution in [0.5, 0.6) is 11.5 Å². The standard InChI is InChI=1S/C19H26N2O3.ClH/c1-13-11-14(7-10-20-13)18(22)21-15-5-6-16-17(12-15)24-19(23-16)8-3-2-4-9-19;/h5-6,12-14,20H,2-4,7-11H2,1H3,(H,21,22);1H/t13-,14-;/m0./s1. The van der Waals surface area contributed by atoms with Crippen LogP contribution in [0.15, 0.2) is 18.2 Å². The maximum atomic E-state index is 12.5. The first-order valence-electron chi connectivity index (χ1n) is 9.20. The van der Waals surface area contributed by atoms with Crippen LogP contribution in [0.3, 0.4) is 0 Å². The fraction of sp³-hybridized carbons (Fsp3) is 0.632. The zero-order valence-corrected chi connectivity index (χ0v) is 15.5. The number of anilines is 1. The number of amides is 1. The van der Waals surface area contributed by atoms with Gasteiger partial charge < -0.3 is 20.1 Å². The molecule has 2 heterocycles. The van der Waals surface area contributed by atoms with Crippen molar-refractivity contribution in [3.8, 4) is 11.5 Å². The van der Waals surface area contributed by atoms with Crippen LogP contribution in [0.25, 0.3) is 0 Å². The summed E-state index contributed by atoms with van der Waals surface area (Å²) in [6, 6.07) is 6.13. The molecule has 138 valence electrons. The van der Waals surface area contributed by atoms with Crippen molar-refractivity contribution in [3.63, 3.8) is 0 Å². The lowest BCUT2D eigenvalue weighted by Crippen LogP contribution is -2.40. The molecule has 0 unspecified atom stereocenters. The quantitative estimate of drug-likeness (QED) is 0.834. The van der Waals surface area contributed by atoms with Crippen molar-refractivity contribution in [2.24, 2.45) is 5.92 Å². The minimum atomic E-state index is -0.465. The van der Waals surface area contributed by atoms with E-state index in [-0.39, 0.29) is 24.2 Å². The molecule has 2 N–H and O–H groups in total. The number of nitrogens with one attached hydrogen (secondary N) is 2. The Morgan fingerprint density at radius 2 is 1.96 bits per heavy atom. The number of hydrogen-bond donors (Lipinski definition) is 2. The molecule has 25 heavy (non-hydrogen) atoms. The van der Waals surface area contributed by atoms with Crippen molar-refractivity contribution in [2.75, 3.05) is 11.9 Å². The summed E-state index contributed by atoms with van der Waals surface area (Å²) in [5.41, 5.74) is 0.793. The average molecular weight is 367 g/mol. The summed E-state index contributed by atoms with van der Waals surface area (Å²) in [5.74, 6) is 1.28. The predicted octanol–water partition coefficient (Wildman–Crippen LogP) is 3.87. The van der Waals surface area contributed by atoms with E-state index in [2.05, 4.69) is 17.6 Å². The molecule has 0 radical (unpaired) electrons. The first kappa shape index (κ1) is 18.3. The second-order valence-corrected chi connectivity index (χ2v) is 7.40. The molecule has 0 aromatic heterocycles. The van der Waals surface area contributed by atoms with Crippen LogP contribution in [0, 0.1) is 5.92 Å². The molecule has 4 rings (SSSR count). The summed E-state index contributed by atoms with van der Waals surface area (Å²) in [7, 11) is 0. The van der Waals surface area contributed by atoms with Crippen molar-refractivity contribution in [2.45, 2.75) is 63.7 Å². The number of hydrogen-bond acceptors (Lipinski definition) is 4. The predicted molar refractivity (Wildman–Crippen MR) is 99.6 cm³/mol. The molecular formula is C19H27ClN2O3. The Morgan fingerprint density at radius 3 is 2.72 bits per heavy atom. The summed E-state index contributed by atoms with van der Waals surface area (Å²) in [5, 5.41) is 6.43. The monoisotopic (exact) mass is 366 g/mol. The highest BCUT2D eigenvalue weighted by Gasteiger charge is 2.42. The van der Waals surface area contributed by atoms with Gasteiger partial charge in [0.25, 0.3) is 5.79 Å². The summed E-state index contributed by atoms with van der Waals surface area (Å²) in [6.45, 7) is 3.03. The zero-order valence-electron chi connectivity index (χ0n) is 14.7. The van der Waals surface area contributed by atoms with Gasteiger partial charge in [-0.25, -0.2) is 0 Å². The van der Waals surface area contributed by atoms with Gasteiger partial charge in [0.1, 0.15) is 0 Å². The number of fused-ring (bicyclic) bond motifs is 1. The van der Waals surface area contributed by atoms with Crippen molar-refractivity contribution in [1.29, 1.82) is 0 Å². The van der Waals surface area contributed by atoms with E-state index < -0.39 is 5.79 Å². The first-order chi connectivity index (χ1) is 11.6. The molecule has 1 aliphatic carbocycles. The molecule has 2 aliphatic heterocycles. The minimum Gasteiger partial charge on any atom is -0.448 e. The molecule has 2 atom stereocenters. The SMILES string of the molecule is C[C@H]1C[C@@H](C(=O)Nc2ccc3c(c2)OC2(CCCCC2)O3)CCN1.Cl. The van der Waals surface area contributed by atoms with E-state index in [1.807, 2.05) is 18.2 Å². The molecule has 5 nitrogen and oxygen atoms in total. The zero-order chi connectivity index (χ0) is 16.6. The Morgan fingerprint density at radius 1 is 1.20 bits per heavy atom. The third-order valence-electron chi connectivity index (χ3n) is 5.41. The maximum absolute atomic E-state index is 12.5. The first-order valence-corrected chi connectivity index (χ1v) is 9.20. The Labute approximate surface area is 155 Å². The Kier molecular flexibility index (Phi) is 5.44.